The third-order valence-corrected chi connectivity index (χ3v) is 12.1. The zero-order valence-corrected chi connectivity index (χ0v) is 22.9. The SMILES string of the molecule is Cc1ccc(P(C(C)C)C(C)C)c(N(C)c2cc(C)ccc2P(C(C)C)C(C)C)c1. The zero-order valence-electron chi connectivity index (χ0n) is 21.1. The first kappa shape index (κ1) is 25.4. The summed E-state index contributed by atoms with van der Waals surface area (Å²) in [4.78, 5) is 2.50. The molecule has 0 aliphatic heterocycles. The standard InChI is InChI=1S/C27H43NP2/c1-18(2)29(19(3)4)26-14-12-22(9)16-24(26)28(11)25-17-23(10)13-15-27(25)30(20(5)6)21(7)8/h12-21H,1-11H3. The van der Waals surface area contributed by atoms with Crippen LogP contribution in [0.4, 0.5) is 11.4 Å². The first-order chi connectivity index (χ1) is 14.0. The Morgan fingerprint density at radius 2 is 0.867 bits per heavy atom. The molecule has 0 aliphatic rings. The Labute approximate surface area is 189 Å². The largest absolute Gasteiger partial charge is 0.344 e. The van der Waals surface area contributed by atoms with Gasteiger partial charge in [0.2, 0.25) is 0 Å². The smallest absolute Gasteiger partial charge is 0.0489 e. The van der Waals surface area contributed by atoms with E-state index in [2.05, 4.69) is 118 Å². The number of hydrogen-bond acceptors (Lipinski definition) is 1. The van der Waals surface area contributed by atoms with Gasteiger partial charge < -0.3 is 4.90 Å². The summed E-state index contributed by atoms with van der Waals surface area (Å²) in [6, 6.07) is 14.3. The second-order valence-corrected chi connectivity index (χ2v) is 16.5. The van der Waals surface area contributed by atoms with E-state index < -0.39 is 0 Å². The minimum Gasteiger partial charge on any atom is -0.344 e. The van der Waals surface area contributed by atoms with E-state index in [0.29, 0.717) is 22.6 Å². The van der Waals surface area contributed by atoms with Crippen LogP contribution in [0.1, 0.15) is 66.5 Å². The van der Waals surface area contributed by atoms with Crippen molar-refractivity contribution in [3.05, 3.63) is 47.5 Å². The second-order valence-electron chi connectivity index (χ2n) is 9.73. The third-order valence-electron chi connectivity index (χ3n) is 5.77. The van der Waals surface area contributed by atoms with Gasteiger partial charge in [-0.05, 0) is 59.7 Å². The molecule has 1 nitrogen and oxygen atoms in total. The zero-order chi connectivity index (χ0) is 22.7. The van der Waals surface area contributed by atoms with Crippen LogP contribution in [0.15, 0.2) is 36.4 Å². The number of nitrogens with zero attached hydrogens (tertiary/aromatic N) is 1. The Hall–Kier alpha value is -0.900. The molecule has 0 radical (unpaired) electrons. The van der Waals surface area contributed by atoms with Gasteiger partial charge in [0.1, 0.15) is 0 Å². The lowest BCUT2D eigenvalue weighted by Gasteiger charge is -2.35. The maximum atomic E-state index is 2.50. The summed E-state index contributed by atoms with van der Waals surface area (Å²) >= 11 is 0. The number of hydrogen-bond donors (Lipinski definition) is 0. The van der Waals surface area contributed by atoms with Gasteiger partial charge in [0.15, 0.2) is 0 Å². The van der Waals surface area contributed by atoms with Crippen LogP contribution in [0.25, 0.3) is 0 Å². The molecule has 0 N–H and O–H groups in total. The van der Waals surface area contributed by atoms with Crippen LogP contribution in [0.3, 0.4) is 0 Å². The molecule has 2 aromatic rings. The normalized spacial score (nSPS) is 12.3. The van der Waals surface area contributed by atoms with Crippen molar-refractivity contribution in [3.8, 4) is 0 Å². The first-order valence-corrected chi connectivity index (χ1v) is 14.4. The van der Waals surface area contributed by atoms with E-state index in [4.69, 9.17) is 0 Å². The van der Waals surface area contributed by atoms with E-state index in [0.717, 1.165) is 0 Å². The fraction of sp³-hybridized carbons (Fsp3) is 0.556. The van der Waals surface area contributed by atoms with Crippen molar-refractivity contribution in [2.24, 2.45) is 0 Å². The molecule has 0 fully saturated rings. The molecule has 0 saturated carbocycles. The molecule has 166 valence electrons. The minimum atomic E-state index is -0.224. The van der Waals surface area contributed by atoms with Crippen molar-refractivity contribution >= 4 is 37.8 Å². The van der Waals surface area contributed by atoms with E-state index in [1.807, 2.05) is 0 Å². The molecule has 0 aromatic heterocycles. The van der Waals surface area contributed by atoms with Crippen molar-refractivity contribution in [2.45, 2.75) is 91.9 Å². The molecule has 0 spiro atoms. The fourth-order valence-corrected chi connectivity index (χ4v) is 10.7. The molecule has 0 heterocycles. The Kier molecular flexibility index (Phi) is 8.97. The van der Waals surface area contributed by atoms with Crippen LogP contribution in [-0.4, -0.2) is 29.7 Å². The van der Waals surface area contributed by atoms with Gasteiger partial charge in [-0.3, -0.25) is 0 Å². The summed E-state index contributed by atoms with van der Waals surface area (Å²) < 4.78 is 0. The molecule has 0 unspecified atom stereocenters. The second kappa shape index (κ2) is 10.6. The van der Waals surface area contributed by atoms with E-state index in [1.165, 1.54) is 22.5 Å². The van der Waals surface area contributed by atoms with Crippen molar-refractivity contribution in [3.63, 3.8) is 0 Å². The van der Waals surface area contributed by atoms with Crippen LogP contribution in [0, 0.1) is 13.8 Å². The Morgan fingerprint density at radius 1 is 0.567 bits per heavy atom. The van der Waals surface area contributed by atoms with Crippen molar-refractivity contribution in [1.29, 1.82) is 0 Å². The van der Waals surface area contributed by atoms with E-state index in [9.17, 15) is 0 Å². The average Bonchev–Trinajstić information content (AvgIpc) is 2.62. The minimum absolute atomic E-state index is 0.224. The highest BCUT2D eigenvalue weighted by Gasteiger charge is 2.27. The van der Waals surface area contributed by atoms with Gasteiger partial charge in [0, 0.05) is 29.0 Å². The lowest BCUT2D eigenvalue weighted by atomic mass is 10.1. The van der Waals surface area contributed by atoms with Crippen LogP contribution in [-0.2, 0) is 0 Å². The monoisotopic (exact) mass is 443 g/mol. The summed E-state index contributed by atoms with van der Waals surface area (Å²) in [6.45, 7) is 23.6. The molecule has 0 amide bonds. The van der Waals surface area contributed by atoms with Gasteiger partial charge in [0.05, 0.1) is 0 Å². The summed E-state index contributed by atoms with van der Waals surface area (Å²) in [5, 5.41) is 3.10. The Morgan fingerprint density at radius 3 is 1.13 bits per heavy atom. The lowest BCUT2D eigenvalue weighted by molar-refractivity contribution is 1.02. The number of rotatable bonds is 8. The number of benzene rings is 2. The summed E-state index contributed by atoms with van der Waals surface area (Å²) in [7, 11) is 1.84. The van der Waals surface area contributed by atoms with Crippen molar-refractivity contribution in [1.82, 2.24) is 0 Å². The highest BCUT2D eigenvalue weighted by molar-refractivity contribution is 7.67. The van der Waals surface area contributed by atoms with Crippen LogP contribution in [0.5, 0.6) is 0 Å². The van der Waals surface area contributed by atoms with E-state index in [-0.39, 0.29) is 15.8 Å². The highest BCUT2D eigenvalue weighted by atomic mass is 31.1. The van der Waals surface area contributed by atoms with Crippen molar-refractivity contribution < 1.29 is 0 Å². The fourth-order valence-electron chi connectivity index (χ4n) is 4.68. The molecule has 0 aliphatic carbocycles. The molecule has 30 heavy (non-hydrogen) atoms. The summed E-state index contributed by atoms with van der Waals surface area (Å²) in [5.41, 5.74) is 8.19. The highest BCUT2D eigenvalue weighted by Crippen LogP contribution is 2.50. The molecule has 0 saturated heterocycles. The third kappa shape index (κ3) is 5.66. The van der Waals surface area contributed by atoms with Crippen LogP contribution in [0.2, 0.25) is 0 Å². The lowest BCUT2D eigenvalue weighted by Crippen LogP contribution is -2.27. The van der Waals surface area contributed by atoms with Gasteiger partial charge >= 0.3 is 0 Å². The molecule has 2 rings (SSSR count). The molecule has 2 aromatic carbocycles. The number of anilines is 2. The predicted molar refractivity (Wildman–Crippen MR) is 144 cm³/mol. The van der Waals surface area contributed by atoms with Crippen LogP contribution < -0.4 is 15.5 Å². The molecule has 3 heteroatoms. The van der Waals surface area contributed by atoms with E-state index in [1.54, 1.807) is 10.6 Å². The molecular formula is C27H43NP2. The van der Waals surface area contributed by atoms with Gasteiger partial charge in [-0.15, -0.1) is 0 Å². The Balaban J connectivity index is 2.71. The predicted octanol–water partition coefficient (Wildman–Crippen LogP) is 7.92. The van der Waals surface area contributed by atoms with Gasteiger partial charge in [0.25, 0.3) is 0 Å². The van der Waals surface area contributed by atoms with Gasteiger partial charge in [-0.1, -0.05) is 95.5 Å². The summed E-state index contributed by atoms with van der Waals surface area (Å²) in [5.74, 6) is 0. The van der Waals surface area contributed by atoms with Gasteiger partial charge in [-0.25, -0.2) is 0 Å². The van der Waals surface area contributed by atoms with Crippen LogP contribution >= 0.6 is 15.8 Å². The van der Waals surface area contributed by atoms with E-state index >= 15 is 0 Å². The molecule has 0 bridgehead atoms. The maximum Gasteiger partial charge on any atom is 0.0489 e. The Bertz CT molecular complexity index is 753. The molecule has 0 atom stereocenters. The summed E-state index contributed by atoms with van der Waals surface area (Å²) in [6.07, 6.45) is 0. The average molecular weight is 444 g/mol. The van der Waals surface area contributed by atoms with Crippen molar-refractivity contribution in [2.75, 3.05) is 11.9 Å². The quantitative estimate of drug-likeness (QED) is 0.375. The molecular weight excluding hydrogens is 400 g/mol. The first-order valence-electron chi connectivity index (χ1n) is 11.5. The van der Waals surface area contributed by atoms with Gasteiger partial charge in [-0.2, -0.15) is 0 Å². The maximum absolute atomic E-state index is 2.50. The topological polar surface area (TPSA) is 3.24 Å². The number of aryl methyl sites for hydroxylation is 2.